The molecule has 28 heavy (non-hydrogen) atoms. The molecular formula is C21H17F3O3S. The van der Waals surface area contributed by atoms with Crippen LogP contribution in [0.3, 0.4) is 0 Å². The smallest absolute Gasteiger partial charge is 0.375 e. The summed E-state index contributed by atoms with van der Waals surface area (Å²) in [6.07, 6.45) is 0. The van der Waals surface area contributed by atoms with Gasteiger partial charge in [-0.2, -0.15) is 21.6 Å². The average molecular weight is 406 g/mol. The number of aryl methyl sites for hydroxylation is 2. The molecule has 3 aromatic carbocycles. The summed E-state index contributed by atoms with van der Waals surface area (Å²) in [5.41, 5.74) is -1.41. The van der Waals surface area contributed by atoms with Crippen molar-refractivity contribution in [3.8, 4) is 28.0 Å². The molecule has 0 atom stereocenters. The van der Waals surface area contributed by atoms with Gasteiger partial charge in [0.15, 0.2) is 5.75 Å². The molecule has 0 aromatic heterocycles. The Hall–Kier alpha value is -2.80. The fourth-order valence-corrected chi connectivity index (χ4v) is 3.23. The van der Waals surface area contributed by atoms with Gasteiger partial charge in [-0.1, -0.05) is 71.8 Å². The number of rotatable bonds is 4. The number of hydrogen-bond acceptors (Lipinski definition) is 3. The van der Waals surface area contributed by atoms with E-state index in [1.165, 1.54) is 12.1 Å². The van der Waals surface area contributed by atoms with Gasteiger partial charge in [0.25, 0.3) is 0 Å². The molecule has 0 saturated carbocycles. The maximum absolute atomic E-state index is 12.9. The summed E-state index contributed by atoms with van der Waals surface area (Å²) in [5, 5.41) is 0. The molecule has 0 aliphatic rings. The first-order valence-corrected chi connectivity index (χ1v) is 9.77. The first kappa shape index (κ1) is 19.9. The second kappa shape index (κ2) is 7.31. The van der Waals surface area contributed by atoms with Gasteiger partial charge in [0, 0.05) is 5.56 Å². The largest absolute Gasteiger partial charge is 0.534 e. The molecule has 0 heterocycles. The van der Waals surface area contributed by atoms with E-state index in [0.29, 0.717) is 11.1 Å². The molecular weight excluding hydrogens is 389 g/mol. The zero-order chi connectivity index (χ0) is 20.5. The van der Waals surface area contributed by atoms with Gasteiger partial charge in [-0.15, -0.1) is 0 Å². The molecule has 0 aliphatic carbocycles. The molecule has 0 amide bonds. The summed E-state index contributed by atoms with van der Waals surface area (Å²) in [4.78, 5) is 0. The Bertz CT molecular complexity index is 1090. The molecule has 0 bridgehead atoms. The summed E-state index contributed by atoms with van der Waals surface area (Å²) < 4.78 is 66.3. The highest BCUT2D eigenvalue weighted by atomic mass is 32.2. The van der Waals surface area contributed by atoms with Crippen molar-refractivity contribution in [2.75, 3.05) is 0 Å². The van der Waals surface area contributed by atoms with Crippen LogP contribution in [0.5, 0.6) is 5.75 Å². The molecule has 7 heteroatoms. The second-order valence-corrected chi connectivity index (χ2v) is 7.93. The van der Waals surface area contributed by atoms with E-state index in [-0.39, 0.29) is 11.3 Å². The lowest BCUT2D eigenvalue weighted by Gasteiger charge is -2.17. The molecule has 0 unspecified atom stereocenters. The highest BCUT2D eigenvalue weighted by Crippen LogP contribution is 2.41. The summed E-state index contributed by atoms with van der Waals surface area (Å²) in [6, 6.07) is 18.8. The first-order valence-electron chi connectivity index (χ1n) is 8.36. The Kier molecular flexibility index (Phi) is 5.21. The van der Waals surface area contributed by atoms with Crippen LogP contribution >= 0.6 is 0 Å². The topological polar surface area (TPSA) is 43.4 Å². The normalized spacial score (nSPS) is 12.0. The molecule has 0 aliphatic heterocycles. The molecule has 0 fully saturated rings. The Morgan fingerprint density at radius 1 is 0.750 bits per heavy atom. The lowest BCUT2D eigenvalue weighted by atomic mass is 9.93. The maximum Gasteiger partial charge on any atom is 0.534 e. The Labute approximate surface area is 161 Å². The Morgan fingerprint density at radius 3 is 1.75 bits per heavy atom. The van der Waals surface area contributed by atoms with Gasteiger partial charge in [0.05, 0.1) is 0 Å². The minimum absolute atomic E-state index is 0.277. The van der Waals surface area contributed by atoms with E-state index in [0.717, 1.165) is 16.7 Å². The highest BCUT2D eigenvalue weighted by Gasteiger charge is 2.48. The van der Waals surface area contributed by atoms with E-state index in [1.807, 2.05) is 38.1 Å². The SMILES string of the molecule is Cc1ccc(-c2cccc(OS(=O)(=O)C(F)(F)F)c2-c2ccc(C)cc2)cc1. The Balaban J connectivity index is 2.24. The predicted molar refractivity (Wildman–Crippen MR) is 102 cm³/mol. The molecule has 0 N–H and O–H groups in total. The monoisotopic (exact) mass is 406 g/mol. The van der Waals surface area contributed by atoms with Crippen molar-refractivity contribution in [2.45, 2.75) is 19.4 Å². The van der Waals surface area contributed by atoms with Gasteiger partial charge in [-0.25, -0.2) is 0 Å². The van der Waals surface area contributed by atoms with Crippen LogP contribution in [-0.2, 0) is 10.1 Å². The van der Waals surface area contributed by atoms with E-state index in [1.54, 1.807) is 30.3 Å². The van der Waals surface area contributed by atoms with Gasteiger partial charge >= 0.3 is 15.6 Å². The predicted octanol–water partition coefficient (Wildman–Crippen LogP) is 5.87. The molecule has 3 nitrogen and oxygen atoms in total. The molecule has 0 saturated heterocycles. The van der Waals surface area contributed by atoms with Crippen molar-refractivity contribution in [2.24, 2.45) is 0 Å². The number of halogens is 3. The van der Waals surface area contributed by atoms with E-state index in [4.69, 9.17) is 0 Å². The van der Waals surface area contributed by atoms with E-state index < -0.39 is 15.6 Å². The first-order chi connectivity index (χ1) is 13.1. The van der Waals surface area contributed by atoms with Gasteiger partial charge in [-0.05, 0) is 36.6 Å². The summed E-state index contributed by atoms with van der Waals surface area (Å²) in [6.45, 7) is 3.79. The molecule has 0 spiro atoms. The van der Waals surface area contributed by atoms with Gasteiger partial charge < -0.3 is 4.18 Å². The maximum atomic E-state index is 12.9. The molecule has 0 radical (unpaired) electrons. The fourth-order valence-electron chi connectivity index (χ4n) is 2.76. The molecule has 3 rings (SSSR count). The average Bonchev–Trinajstić information content (AvgIpc) is 2.62. The zero-order valence-corrected chi connectivity index (χ0v) is 15.9. The molecule has 3 aromatic rings. The third-order valence-electron chi connectivity index (χ3n) is 4.21. The van der Waals surface area contributed by atoms with Crippen LogP contribution in [0.4, 0.5) is 13.2 Å². The van der Waals surface area contributed by atoms with Crippen molar-refractivity contribution < 1.29 is 25.8 Å². The lowest BCUT2D eigenvalue weighted by molar-refractivity contribution is -0.0499. The minimum atomic E-state index is -5.80. The van der Waals surface area contributed by atoms with Crippen LogP contribution in [-0.4, -0.2) is 13.9 Å². The van der Waals surface area contributed by atoms with Crippen molar-refractivity contribution >= 4 is 10.1 Å². The van der Waals surface area contributed by atoms with Crippen molar-refractivity contribution in [1.82, 2.24) is 0 Å². The van der Waals surface area contributed by atoms with Gasteiger partial charge in [-0.3, -0.25) is 0 Å². The highest BCUT2D eigenvalue weighted by molar-refractivity contribution is 7.88. The van der Waals surface area contributed by atoms with Crippen LogP contribution in [0, 0.1) is 13.8 Å². The number of benzene rings is 3. The van der Waals surface area contributed by atoms with E-state index >= 15 is 0 Å². The minimum Gasteiger partial charge on any atom is -0.375 e. The second-order valence-electron chi connectivity index (χ2n) is 6.39. The van der Waals surface area contributed by atoms with E-state index in [2.05, 4.69) is 4.18 Å². The van der Waals surface area contributed by atoms with Crippen LogP contribution in [0.1, 0.15) is 11.1 Å². The fraction of sp³-hybridized carbons (Fsp3) is 0.143. The number of hydrogen-bond donors (Lipinski definition) is 0. The van der Waals surface area contributed by atoms with Crippen LogP contribution in [0.2, 0.25) is 0 Å². The third kappa shape index (κ3) is 4.04. The van der Waals surface area contributed by atoms with Crippen molar-refractivity contribution in [3.63, 3.8) is 0 Å². The van der Waals surface area contributed by atoms with Crippen LogP contribution < -0.4 is 4.18 Å². The zero-order valence-electron chi connectivity index (χ0n) is 15.1. The third-order valence-corrected chi connectivity index (χ3v) is 5.18. The van der Waals surface area contributed by atoms with Crippen molar-refractivity contribution in [3.05, 3.63) is 77.9 Å². The number of alkyl halides is 3. The van der Waals surface area contributed by atoms with Crippen LogP contribution in [0.25, 0.3) is 22.3 Å². The quantitative estimate of drug-likeness (QED) is 0.402. The molecule has 146 valence electrons. The summed E-state index contributed by atoms with van der Waals surface area (Å²) in [7, 11) is -5.80. The standard InChI is InChI=1S/C21H17F3O3S/c1-14-6-10-16(11-7-14)18-4-3-5-19(27-28(25,26)21(22,23)24)20(18)17-12-8-15(2)9-13-17/h3-13H,1-2H3. The van der Waals surface area contributed by atoms with E-state index in [9.17, 15) is 21.6 Å². The van der Waals surface area contributed by atoms with Crippen molar-refractivity contribution in [1.29, 1.82) is 0 Å². The summed E-state index contributed by atoms with van der Waals surface area (Å²) >= 11 is 0. The Morgan fingerprint density at radius 2 is 1.25 bits per heavy atom. The lowest BCUT2D eigenvalue weighted by Crippen LogP contribution is -2.28. The van der Waals surface area contributed by atoms with Gasteiger partial charge in [0.2, 0.25) is 0 Å². The van der Waals surface area contributed by atoms with Crippen LogP contribution in [0.15, 0.2) is 66.7 Å². The summed E-state index contributed by atoms with van der Waals surface area (Å²) in [5.74, 6) is -0.376. The van der Waals surface area contributed by atoms with Gasteiger partial charge in [0.1, 0.15) is 0 Å².